The molecule has 0 N–H and O–H groups in total. The monoisotopic (exact) mass is 305 g/mol. The van der Waals surface area contributed by atoms with Crippen molar-refractivity contribution in [3.8, 4) is 0 Å². The molecule has 4 rings (SSSR count). The summed E-state index contributed by atoms with van der Waals surface area (Å²) in [5.41, 5.74) is 1.96. The van der Waals surface area contributed by atoms with Crippen LogP contribution in [0.15, 0.2) is 12.4 Å². The van der Waals surface area contributed by atoms with Crippen molar-refractivity contribution >= 4 is 0 Å². The highest BCUT2D eigenvalue weighted by atomic mass is 15.3. The van der Waals surface area contributed by atoms with Crippen molar-refractivity contribution in [1.29, 1.82) is 0 Å². The lowest BCUT2D eigenvalue weighted by molar-refractivity contribution is 0.102. The maximum Gasteiger partial charge on any atom is 0.0543 e. The van der Waals surface area contributed by atoms with Crippen molar-refractivity contribution in [2.24, 2.45) is 5.92 Å². The SMILES string of the molecule is CC.CC.Cc1cnn(C2CCN(C3(C4CC4)CC3)CC2)c1. The molecule has 3 aliphatic rings. The lowest BCUT2D eigenvalue weighted by atomic mass is 10.00. The summed E-state index contributed by atoms with van der Waals surface area (Å²) in [6.45, 7) is 12.7. The van der Waals surface area contributed by atoms with E-state index in [0.29, 0.717) is 11.6 Å². The first kappa shape index (κ1) is 17.5. The minimum absolute atomic E-state index is 0.643. The summed E-state index contributed by atoms with van der Waals surface area (Å²) in [5, 5.41) is 4.49. The highest BCUT2D eigenvalue weighted by Crippen LogP contribution is 2.58. The molecule has 1 aliphatic heterocycles. The Bertz CT molecular complexity index is 435. The van der Waals surface area contributed by atoms with Crippen LogP contribution in [0.1, 0.15) is 77.8 Å². The Hall–Kier alpha value is -0.830. The maximum absolute atomic E-state index is 4.49. The van der Waals surface area contributed by atoms with Crippen LogP contribution < -0.4 is 0 Å². The van der Waals surface area contributed by atoms with E-state index in [-0.39, 0.29) is 0 Å². The largest absolute Gasteiger partial charge is 0.297 e. The van der Waals surface area contributed by atoms with Crippen LogP contribution in [0.3, 0.4) is 0 Å². The molecular formula is C19H35N3. The molecule has 0 unspecified atom stereocenters. The van der Waals surface area contributed by atoms with Gasteiger partial charge in [0.1, 0.15) is 0 Å². The number of nitrogens with zero attached hydrogens (tertiary/aromatic N) is 3. The summed E-state index contributed by atoms with van der Waals surface area (Å²) in [7, 11) is 0. The summed E-state index contributed by atoms with van der Waals surface area (Å²) < 4.78 is 2.20. The minimum atomic E-state index is 0.643. The summed E-state index contributed by atoms with van der Waals surface area (Å²) in [6, 6.07) is 0.643. The third-order valence-corrected chi connectivity index (χ3v) is 5.30. The Morgan fingerprint density at radius 1 is 1.00 bits per heavy atom. The molecule has 0 atom stereocenters. The molecule has 3 heteroatoms. The van der Waals surface area contributed by atoms with E-state index < -0.39 is 0 Å². The highest BCUT2D eigenvalue weighted by molar-refractivity contribution is 5.13. The average molecular weight is 306 g/mol. The van der Waals surface area contributed by atoms with Crippen molar-refractivity contribution in [2.45, 2.75) is 84.7 Å². The zero-order valence-electron chi connectivity index (χ0n) is 15.3. The predicted octanol–water partition coefficient (Wildman–Crippen LogP) is 4.82. The zero-order chi connectivity index (χ0) is 16.2. The second-order valence-corrected chi connectivity index (χ2v) is 6.59. The first-order valence-corrected chi connectivity index (χ1v) is 9.54. The van der Waals surface area contributed by atoms with Crippen LogP contribution in [0.5, 0.6) is 0 Å². The molecule has 0 spiro atoms. The van der Waals surface area contributed by atoms with Gasteiger partial charge in [-0.05, 0) is 56.9 Å². The first-order valence-electron chi connectivity index (χ1n) is 9.54. The first-order chi connectivity index (χ1) is 10.8. The number of hydrogen-bond acceptors (Lipinski definition) is 2. The van der Waals surface area contributed by atoms with Gasteiger partial charge in [0.2, 0.25) is 0 Å². The number of hydrogen-bond donors (Lipinski definition) is 0. The molecule has 2 heterocycles. The van der Waals surface area contributed by atoms with Crippen molar-refractivity contribution in [3.05, 3.63) is 18.0 Å². The van der Waals surface area contributed by atoms with Gasteiger partial charge in [0.15, 0.2) is 0 Å². The number of aromatic nitrogens is 2. The third kappa shape index (κ3) is 3.56. The number of piperidine rings is 1. The van der Waals surface area contributed by atoms with Crippen LogP contribution >= 0.6 is 0 Å². The van der Waals surface area contributed by atoms with Gasteiger partial charge in [0, 0.05) is 24.8 Å². The van der Waals surface area contributed by atoms with E-state index in [1.165, 1.54) is 57.2 Å². The van der Waals surface area contributed by atoms with Crippen LogP contribution in [-0.4, -0.2) is 33.3 Å². The van der Waals surface area contributed by atoms with Gasteiger partial charge in [0.25, 0.3) is 0 Å². The molecule has 2 saturated carbocycles. The molecule has 0 amide bonds. The molecule has 1 saturated heterocycles. The molecule has 3 nitrogen and oxygen atoms in total. The standard InChI is InChI=1S/C15H23N3.2C2H6/c1-12-10-16-18(11-12)14-4-8-17(9-5-14)15(6-7-15)13-2-3-13;2*1-2/h10-11,13-14H,2-9H2,1H3;2*1-2H3. The topological polar surface area (TPSA) is 21.1 Å². The van der Waals surface area contributed by atoms with Crippen molar-refractivity contribution < 1.29 is 0 Å². The third-order valence-electron chi connectivity index (χ3n) is 5.30. The lowest BCUT2D eigenvalue weighted by Crippen LogP contribution is -2.44. The quantitative estimate of drug-likeness (QED) is 0.798. The Morgan fingerprint density at radius 3 is 2.00 bits per heavy atom. The normalized spacial score (nSPS) is 23.9. The lowest BCUT2D eigenvalue weighted by Gasteiger charge is -2.38. The minimum Gasteiger partial charge on any atom is -0.297 e. The Kier molecular flexibility index (Phi) is 6.08. The van der Waals surface area contributed by atoms with Crippen LogP contribution in [0.4, 0.5) is 0 Å². The fourth-order valence-electron chi connectivity index (χ4n) is 3.94. The van der Waals surface area contributed by atoms with Gasteiger partial charge >= 0.3 is 0 Å². The van der Waals surface area contributed by atoms with Crippen molar-refractivity contribution in [1.82, 2.24) is 14.7 Å². The molecule has 0 bridgehead atoms. The number of rotatable bonds is 3. The van der Waals surface area contributed by atoms with E-state index in [2.05, 4.69) is 27.8 Å². The van der Waals surface area contributed by atoms with Crippen LogP contribution in [0, 0.1) is 12.8 Å². The Balaban J connectivity index is 0.000000410. The van der Waals surface area contributed by atoms with Gasteiger partial charge < -0.3 is 0 Å². The van der Waals surface area contributed by atoms with E-state index in [9.17, 15) is 0 Å². The van der Waals surface area contributed by atoms with Gasteiger partial charge in [-0.15, -0.1) is 0 Å². The highest BCUT2D eigenvalue weighted by Gasteiger charge is 2.57. The summed E-state index contributed by atoms with van der Waals surface area (Å²) in [4.78, 5) is 2.82. The van der Waals surface area contributed by atoms with E-state index >= 15 is 0 Å². The summed E-state index contributed by atoms with van der Waals surface area (Å²) in [6.07, 6.45) is 12.7. The molecule has 22 heavy (non-hydrogen) atoms. The Labute approximate surface area is 137 Å². The van der Waals surface area contributed by atoms with Crippen LogP contribution in [0.25, 0.3) is 0 Å². The second-order valence-electron chi connectivity index (χ2n) is 6.59. The predicted molar refractivity (Wildman–Crippen MR) is 94.2 cm³/mol. The fourth-order valence-corrected chi connectivity index (χ4v) is 3.94. The number of aryl methyl sites for hydroxylation is 1. The van der Waals surface area contributed by atoms with Crippen LogP contribution in [0.2, 0.25) is 0 Å². The van der Waals surface area contributed by atoms with Gasteiger partial charge in [-0.25, -0.2) is 0 Å². The van der Waals surface area contributed by atoms with Crippen molar-refractivity contribution in [3.63, 3.8) is 0 Å². The molecule has 0 radical (unpaired) electrons. The van der Waals surface area contributed by atoms with E-state index in [0.717, 1.165) is 5.92 Å². The van der Waals surface area contributed by atoms with Crippen LogP contribution in [-0.2, 0) is 0 Å². The molecular weight excluding hydrogens is 270 g/mol. The second kappa shape index (κ2) is 7.63. The fraction of sp³-hybridized carbons (Fsp3) is 0.842. The van der Waals surface area contributed by atoms with E-state index in [4.69, 9.17) is 0 Å². The molecule has 1 aromatic heterocycles. The van der Waals surface area contributed by atoms with Gasteiger partial charge in [-0.2, -0.15) is 5.10 Å². The smallest absolute Gasteiger partial charge is 0.0543 e. The Morgan fingerprint density at radius 2 is 1.59 bits per heavy atom. The maximum atomic E-state index is 4.49. The zero-order valence-corrected chi connectivity index (χ0v) is 15.3. The molecule has 0 aromatic carbocycles. The van der Waals surface area contributed by atoms with Gasteiger partial charge in [-0.3, -0.25) is 9.58 Å². The molecule has 1 aromatic rings. The molecule has 3 fully saturated rings. The summed E-state index contributed by atoms with van der Waals surface area (Å²) >= 11 is 0. The molecule has 2 aliphatic carbocycles. The van der Waals surface area contributed by atoms with Gasteiger partial charge in [0.05, 0.1) is 12.2 Å². The summed E-state index contributed by atoms with van der Waals surface area (Å²) in [5.74, 6) is 1.06. The average Bonchev–Trinajstić information content (AvgIpc) is 3.49. The van der Waals surface area contributed by atoms with Gasteiger partial charge in [-0.1, -0.05) is 27.7 Å². The van der Waals surface area contributed by atoms with E-state index in [1.54, 1.807) is 0 Å². The molecule has 126 valence electrons. The van der Waals surface area contributed by atoms with E-state index in [1.807, 2.05) is 33.9 Å². The van der Waals surface area contributed by atoms with Crippen molar-refractivity contribution in [2.75, 3.05) is 13.1 Å². The number of likely N-dealkylation sites (tertiary alicyclic amines) is 1.